The molecule has 0 heterocycles. The van der Waals surface area contributed by atoms with Gasteiger partial charge in [0.2, 0.25) is 0 Å². The summed E-state index contributed by atoms with van der Waals surface area (Å²) in [6, 6.07) is 3.09. The summed E-state index contributed by atoms with van der Waals surface area (Å²) >= 11 is 0. The number of rotatable bonds is 5. The summed E-state index contributed by atoms with van der Waals surface area (Å²) < 4.78 is 51.6. The third kappa shape index (κ3) is 6.00. The van der Waals surface area contributed by atoms with Gasteiger partial charge in [-0.15, -0.1) is 0 Å². The molecule has 0 nitrogen and oxygen atoms in total. The maximum absolute atomic E-state index is 13.7. The van der Waals surface area contributed by atoms with Gasteiger partial charge in [-0.05, 0) is 61.8 Å². The van der Waals surface area contributed by atoms with Gasteiger partial charge in [0.1, 0.15) is 5.82 Å². The highest BCUT2D eigenvalue weighted by Gasteiger charge is 2.33. The number of hydrogen-bond donors (Lipinski definition) is 0. The Labute approximate surface area is 154 Å². The molecule has 0 atom stereocenters. The normalized spacial score (nSPS) is 22.6. The zero-order valence-electron chi connectivity index (χ0n) is 15.8. The fraction of sp³-hybridized carbons (Fsp3) is 0.545. The predicted molar refractivity (Wildman–Crippen MR) is 99.2 cm³/mol. The zero-order valence-corrected chi connectivity index (χ0v) is 15.8. The van der Waals surface area contributed by atoms with Crippen LogP contribution in [0.4, 0.5) is 17.6 Å². The van der Waals surface area contributed by atoms with Crippen LogP contribution in [0.1, 0.15) is 70.4 Å². The van der Waals surface area contributed by atoms with E-state index in [0.717, 1.165) is 36.0 Å². The van der Waals surface area contributed by atoms with E-state index in [0.29, 0.717) is 5.56 Å². The molecule has 4 heteroatoms. The fourth-order valence-corrected chi connectivity index (χ4v) is 3.49. The van der Waals surface area contributed by atoms with Crippen molar-refractivity contribution in [3.8, 4) is 0 Å². The second-order valence-corrected chi connectivity index (χ2v) is 7.72. The lowest BCUT2D eigenvalue weighted by molar-refractivity contribution is -0.140. The van der Waals surface area contributed by atoms with Crippen LogP contribution < -0.4 is 0 Å². The third-order valence-electron chi connectivity index (χ3n) is 5.43. The van der Waals surface area contributed by atoms with Crippen molar-refractivity contribution < 1.29 is 17.6 Å². The van der Waals surface area contributed by atoms with Crippen molar-refractivity contribution in [3.63, 3.8) is 0 Å². The first-order valence-electron chi connectivity index (χ1n) is 9.38. The van der Waals surface area contributed by atoms with Crippen LogP contribution in [0.25, 0.3) is 5.57 Å². The lowest BCUT2D eigenvalue weighted by Crippen LogP contribution is -2.12. The lowest BCUT2D eigenvalue weighted by atomic mass is 9.80. The Morgan fingerprint density at radius 2 is 1.73 bits per heavy atom. The van der Waals surface area contributed by atoms with Crippen molar-refractivity contribution in [2.24, 2.45) is 11.8 Å². The Morgan fingerprint density at radius 1 is 1.08 bits per heavy atom. The van der Waals surface area contributed by atoms with E-state index in [-0.39, 0.29) is 0 Å². The van der Waals surface area contributed by atoms with Crippen molar-refractivity contribution in [2.75, 3.05) is 0 Å². The molecule has 0 radical (unpaired) electrons. The molecule has 0 spiro atoms. The monoisotopic (exact) mass is 368 g/mol. The van der Waals surface area contributed by atoms with E-state index in [1.807, 2.05) is 12.2 Å². The highest BCUT2D eigenvalue weighted by Crippen LogP contribution is 2.33. The standard InChI is InChI=1S/C22H28F4/c1-15(5-9-18-10-6-16(2)7-11-18)4-8-17(3)19-12-13-20(21(23)14-19)22(24,25)26/h4,8,12-14,16,18H,5-7,9-11H2,1-3H3/b15-4+,17-8+. The molecule has 144 valence electrons. The van der Waals surface area contributed by atoms with Gasteiger partial charge < -0.3 is 0 Å². The van der Waals surface area contributed by atoms with E-state index < -0.39 is 17.6 Å². The first-order chi connectivity index (χ1) is 12.2. The summed E-state index contributed by atoms with van der Waals surface area (Å²) in [6.07, 6.45) is 6.70. The molecular formula is C22H28F4. The first-order valence-corrected chi connectivity index (χ1v) is 9.38. The molecule has 0 bridgehead atoms. The minimum atomic E-state index is -4.66. The molecule has 0 aliphatic heterocycles. The summed E-state index contributed by atoms with van der Waals surface area (Å²) in [5, 5.41) is 0. The summed E-state index contributed by atoms with van der Waals surface area (Å²) in [6.45, 7) is 6.18. The Kier molecular flexibility index (Phi) is 7.08. The largest absolute Gasteiger partial charge is 0.419 e. The molecule has 1 aromatic rings. The van der Waals surface area contributed by atoms with Crippen LogP contribution in [-0.2, 0) is 6.18 Å². The third-order valence-corrected chi connectivity index (χ3v) is 5.43. The maximum Gasteiger partial charge on any atom is 0.419 e. The van der Waals surface area contributed by atoms with Gasteiger partial charge >= 0.3 is 6.18 Å². The van der Waals surface area contributed by atoms with Gasteiger partial charge in [-0.3, -0.25) is 0 Å². The van der Waals surface area contributed by atoms with Crippen LogP contribution in [0.3, 0.4) is 0 Å². The minimum Gasteiger partial charge on any atom is -0.206 e. The van der Waals surface area contributed by atoms with E-state index in [1.54, 1.807) is 6.92 Å². The summed E-state index contributed by atoms with van der Waals surface area (Å²) in [7, 11) is 0. The van der Waals surface area contributed by atoms with Crippen molar-refractivity contribution in [3.05, 3.63) is 52.9 Å². The van der Waals surface area contributed by atoms with Crippen LogP contribution in [0, 0.1) is 17.7 Å². The lowest BCUT2D eigenvalue weighted by Gasteiger charge is -2.26. The van der Waals surface area contributed by atoms with E-state index in [4.69, 9.17) is 0 Å². The molecule has 1 fully saturated rings. The number of benzene rings is 1. The van der Waals surface area contributed by atoms with Gasteiger partial charge in [-0.1, -0.05) is 56.4 Å². The SMILES string of the molecule is C/C(=C\C=C(/C)c1ccc(C(F)(F)F)c(F)c1)CCC1CCC(C)CC1. The summed E-state index contributed by atoms with van der Waals surface area (Å²) in [5.41, 5.74) is 1.25. The molecule has 0 amide bonds. The fourth-order valence-electron chi connectivity index (χ4n) is 3.49. The molecular weight excluding hydrogens is 340 g/mol. The number of halogens is 4. The van der Waals surface area contributed by atoms with Crippen LogP contribution in [-0.4, -0.2) is 0 Å². The second-order valence-electron chi connectivity index (χ2n) is 7.72. The molecule has 26 heavy (non-hydrogen) atoms. The molecule has 0 N–H and O–H groups in total. The first kappa shape index (κ1) is 20.7. The van der Waals surface area contributed by atoms with Crippen molar-refractivity contribution in [1.29, 1.82) is 0 Å². The summed E-state index contributed by atoms with van der Waals surface area (Å²) in [4.78, 5) is 0. The Balaban J connectivity index is 1.95. The Hall–Kier alpha value is -1.58. The van der Waals surface area contributed by atoms with Gasteiger partial charge in [0.05, 0.1) is 5.56 Å². The van der Waals surface area contributed by atoms with E-state index in [1.165, 1.54) is 43.7 Å². The quantitative estimate of drug-likeness (QED) is 0.367. The van der Waals surface area contributed by atoms with Gasteiger partial charge in [0.25, 0.3) is 0 Å². The van der Waals surface area contributed by atoms with Crippen molar-refractivity contribution >= 4 is 5.57 Å². The van der Waals surface area contributed by atoms with Crippen LogP contribution in [0.5, 0.6) is 0 Å². The molecule has 0 unspecified atom stereocenters. The highest BCUT2D eigenvalue weighted by molar-refractivity contribution is 5.65. The van der Waals surface area contributed by atoms with Gasteiger partial charge in [0.15, 0.2) is 0 Å². The highest BCUT2D eigenvalue weighted by atomic mass is 19.4. The maximum atomic E-state index is 13.7. The number of alkyl halides is 3. The van der Waals surface area contributed by atoms with E-state index in [2.05, 4.69) is 13.8 Å². The number of allylic oxidation sites excluding steroid dienone is 4. The topological polar surface area (TPSA) is 0 Å². The molecule has 2 rings (SSSR count). The van der Waals surface area contributed by atoms with Crippen LogP contribution in [0.15, 0.2) is 35.9 Å². The van der Waals surface area contributed by atoms with Crippen molar-refractivity contribution in [2.45, 2.75) is 65.5 Å². The van der Waals surface area contributed by atoms with Crippen LogP contribution in [0.2, 0.25) is 0 Å². The van der Waals surface area contributed by atoms with E-state index >= 15 is 0 Å². The van der Waals surface area contributed by atoms with Crippen molar-refractivity contribution in [1.82, 2.24) is 0 Å². The van der Waals surface area contributed by atoms with Gasteiger partial charge in [0, 0.05) is 0 Å². The van der Waals surface area contributed by atoms with E-state index in [9.17, 15) is 17.6 Å². The Morgan fingerprint density at radius 3 is 2.31 bits per heavy atom. The molecule has 0 saturated heterocycles. The second kappa shape index (κ2) is 8.88. The molecule has 1 aliphatic rings. The average Bonchev–Trinajstić information content (AvgIpc) is 2.58. The van der Waals surface area contributed by atoms with Gasteiger partial charge in [-0.2, -0.15) is 13.2 Å². The molecule has 1 aliphatic carbocycles. The Bertz CT molecular complexity index is 659. The van der Waals surface area contributed by atoms with Gasteiger partial charge in [-0.25, -0.2) is 4.39 Å². The zero-order chi connectivity index (χ0) is 19.3. The number of hydrogen-bond acceptors (Lipinski definition) is 0. The average molecular weight is 368 g/mol. The van der Waals surface area contributed by atoms with Crippen LogP contribution >= 0.6 is 0 Å². The molecule has 1 aromatic carbocycles. The molecule has 0 aromatic heterocycles. The smallest absolute Gasteiger partial charge is 0.206 e. The minimum absolute atomic E-state index is 0.473. The summed E-state index contributed by atoms with van der Waals surface area (Å²) in [5.74, 6) is 0.441. The predicted octanol–water partition coefficient (Wildman–Crippen LogP) is 7.80. The molecule has 1 saturated carbocycles.